The van der Waals surface area contributed by atoms with Crippen LogP contribution >= 0.6 is 0 Å². The van der Waals surface area contributed by atoms with Gasteiger partial charge in [0, 0.05) is 0 Å². The van der Waals surface area contributed by atoms with Gasteiger partial charge < -0.3 is 23.1 Å². The average molecular weight is 306 g/mol. The highest BCUT2D eigenvalue weighted by molar-refractivity contribution is 5.42. The molecule has 3 aromatic heterocycles. The van der Waals surface area contributed by atoms with Crippen LogP contribution in [-0.4, -0.2) is 27.6 Å². The van der Waals surface area contributed by atoms with Gasteiger partial charge in [-0.2, -0.15) is 4.68 Å². The molecule has 0 bridgehead atoms. The minimum atomic E-state index is -0.901. The second kappa shape index (κ2) is 6.46. The van der Waals surface area contributed by atoms with Gasteiger partial charge in [-0.05, 0) is 24.3 Å². The van der Waals surface area contributed by atoms with E-state index in [-0.39, 0.29) is 25.6 Å². The lowest BCUT2D eigenvalue weighted by Gasteiger charge is -2.09. The van der Waals surface area contributed by atoms with Crippen LogP contribution in [0.4, 0.5) is 0 Å². The van der Waals surface area contributed by atoms with Crippen LogP contribution in [-0.2, 0) is 17.9 Å². The van der Waals surface area contributed by atoms with Crippen molar-refractivity contribution in [2.75, 3.05) is 6.61 Å². The first kappa shape index (κ1) is 14.4. The molecule has 0 aliphatic carbocycles. The molecule has 0 aliphatic rings. The summed E-state index contributed by atoms with van der Waals surface area (Å²) < 4.78 is 21.5. The zero-order valence-corrected chi connectivity index (χ0v) is 11.5. The molecule has 116 valence electrons. The second-order valence-electron chi connectivity index (χ2n) is 4.58. The molecule has 1 atom stereocenters. The van der Waals surface area contributed by atoms with Crippen molar-refractivity contribution < 1.29 is 23.1 Å². The zero-order chi connectivity index (χ0) is 15.4. The van der Waals surface area contributed by atoms with Crippen LogP contribution in [0, 0.1) is 0 Å². The quantitative estimate of drug-likeness (QED) is 0.700. The number of aliphatic hydroxyl groups is 1. The third kappa shape index (κ3) is 3.35. The van der Waals surface area contributed by atoms with Crippen LogP contribution < -0.4 is 5.76 Å². The molecule has 8 heteroatoms. The highest BCUT2D eigenvalue weighted by atomic mass is 16.5. The number of hydrogen-bond donors (Lipinski definition) is 1. The summed E-state index contributed by atoms with van der Waals surface area (Å²) in [5.41, 5.74) is 0. The molecule has 0 fully saturated rings. The minimum absolute atomic E-state index is 0.0378. The van der Waals surface area contributed by atoms with Crippen LogP contribution in [0.3, 0.4) is 0 Å². The summed E-state index contributed by atoms with van der Waals surface area (Å²) >= 11 is 0. The van der Waals surface area contributed by atoms with Gasteiger partial charge in [0.1, 0.15) is 12.4 Å². The van der Waals surface area contributed by atoms with Gasteiger partial charge in [-0.1, -0.05) is 0 Å². The predicted molar refractivity (Wildman–Crippen MR) is 72.8 cm³/mol. The van der Waals surface area contributed by atoms with Crippen LogP contribution in [0.15, 0.2) is 54.8 Å². The summed E-state index contributed by atoms with van der Waals surface area (Å²) in [4.78, 5) is 11.7. The van der Waals surface area contributed by atoms with Gasteiger partial charge in [-0.15, -0.1) is 5.10 Å². The Kier molecular flexibility index (Phi) is 4.22. The lowest BCUT2D eigenvalue weighted by Crippen LogP contribution is -2.27. The molecule has 0 saturated heterocycles. The normalized spacial score (nSPS) is 12.6. The van der Waals surface area contributed by atoms with Crippen LogP contribution in [0.2, 0.25) is 0 Å². The lowest BCUT2D eigenvalue weighted by molar-refractivity contribution is 0.0123. The Labute approximate surface area is 124 Å². The van der Waals surface area contributed by atoms with Crippen LogP contribution in [0.1, 0.15) is 5.76 Å². The number of rotatable bonds is 7. The van der Waals surface area contributed by atoms with E-state index in [0.29, 0.717) is 11.5 Å². The van der Waals surface area contributed by atoms with Crippen molar-refractivity contribution in [1.82, 2.24) is 9.78 Å². The molecular formula is C14H14N2O6. The fraction of sp³-hybridized carbons (Fsp3) is 0.286. The first-order valence-corrected chi connectivity index (χ1v) is 6.62. The maximum absolute atomic E-state index is 11.7. The van der Waals surface area contributed by atoms with Crippen molar-refractivity contribution >= 4 is 0 Å². The molecule has 0 saturated carbocycles. The number of ether oxygens (including phenoxy) is 1. The molecule has 3 aromatic rings. The Morgan fingerprint density at radius 3 is 2.82 bits per heavy atom. The smallest absolute Gasteiger partial charge is 0.437 e. The molecule has 0 radical (unpaired) electrons. The number of hydrogen-bond acceptors (Lipinski definition) is 7. The van der Waals surface area contributed by atoms with E-state index in [1.54, 1.807) is 30.5 Å². The van der Waals surface area contributed by atoms with Gasteiger partial charge in [-0.3, -0.25) is 0 Å². The van der Waals surface area contributed by atoms with Gasteiger partial charge in [0.05, 0.1) is 31.8 Å². The predicted octanol–water partition coefficient (Wildman–Crippen LogP) is 1.27. The summed E-state index contributed by atoms with van der Waals surface area (Å²) in [5.74, 6) is 0.403. The molecule has 1 N–H and O–H groups in total. The fourth-order valence-electron chi connectivity index (χ4n) is 1.86. The van der Waals surface area contributed by atoms with Gasteiger partial charge in [0.25, 0.3) is 5.89 Å². The third-order valence-corrected chi connectivity index (χ3v) is 2.86. The molecule has 22 heavy (non-hydrogen) atoms. The standard InChI is InChI=1S/C14H14N2O6/c17-10(8-19-9-11-3-1-5-20-11)7-16-14(18)22-13(15-16)12-4-2-6-21-12/h1-6,10,17H,7-9H2/t10-/m0/s1. The first-order valence-electron chi connectivity index (χ1n) is 6.62. The highest BCUT2D eigenvalue weighted by Gasteiger charge is 2.15. The zero-order valence-electron chi connectivity index (χ0n) is 11.5. The van der Waals surface area contributed by atoms with Crippen molar-refractivity contribution in [3.05, 3.63) is 53.1 Å². The van der Waals surface area contributed by atoms with Gasteiger partial charge in [-0.25, -0.2) is 4.79 Å². The second-order valence-corrected chi connectivity index (χ2v) is 4.58. The van der Waals surface area contributed by atoms with Crippen molar-refractivity contribution in [3.63, 3.8) is 0 Å². The Morgan fingerprint density at radius 2 is 2.09 bits per heavy atom. The van der Waals surface area contributed by atoms with Crippen molar-refractivity contribution in [3.8, 4) is 11.7 Å². The highest BCUT2D eigenvalue weighted by Crippen LogP contribution is 2.15. The van der Waals surface area contributed by atoms with Gasteiger partial charge in [0.15, 0.2) is 5.76 Å². The van der Waals surface area contributed by atoms with E-state index in [0.717, 1.165) is 4.68 Å². The fourth-order valence-corrected chi connectivity index (χ4v) is 1.86. The average Bonchev–Trinajstić information content (AvgIpc) is 3.21. The van der Waals surface area contributed by atoms with E-state index >= 15 is 0 Å². The summed E-state index contributed by atoms with van der Waals surface area (Å²) in [6.45, 7) is 0.243. The minimum Gasteiger partial charge on any atom is -0.467 e. The number of furan rings is 2. The van der Waals surface area contributed by atoms with Gasteiger partial charge in [0.2, 0.25) is 0 Å². The van der Waals surface area contributed by atoms with E-state index < -0.39 is 11.9 Å². The summed E-state index contributed by atoms with van der Waals surface area (Å²) in [7, 11) is 0. The molecule has 0 aliphatic heterocycles. The molecule has 0 aromatic carbocycles. The Hall–Kier alpha value is -2.58. The summed E-state index contributed by atoms with van der Waals surface area (Å²) in [6, 6.07) is 6.80. The van der Waals surface area contributed by atoms with Crippen LogP contribution in [0.25, 0.3) is 11.7 Å². The Bertz CT molecular complexity index is 741. The summed E-state index contributed by atoms with van der Waals surface area (Å²) in [6.07, 6.45) is 2.09. The molecule has 8 nitrogen and oxygen atoms in total. The topological polar surface area (TPSA) is 104 Å². The van der Waals surface area contributed by atoms with E-state index in [4.69, 9.17) is 18.0 Å². The molecular weight excluding hydrogens is 292 g/mol. The number of aliphatic hydroxyl groups excluding tert-OH is 1. The Balaban J connectivity index is 1.55. The van der Waals surface area contributed by atoms with Gasteiger partial charge >= 0.3 is 5.76 Å². The maximum atomic E-state index is 11.7. The molecule has 0 amide bonds. The number of aromatic nitrogens is 2. The van der Waals surface area contributed by atoms with E-state index in [1.807, 2.05) is 0 Å². The molecule has 3 rings (SSSR count). The molecule has 0 unspecified atom stereocenters. The SMILES string of the molecule is O=c1oc(-c2ccco2)nn1C[C@H](O)COCc1ccco1. The van der Waals surface area contributed by atoms with E-state index in [2.05, 4.69) is 5.10 Å². The largest absolute Gasteiger partial charge is 0.467 e. The van der Waals surface area contributed by atoms with E-state index in [1.165, 1.54) is 6.26 Å². The third-order valence-electron chi connectivity index (χ3n) is 2.86. The van der Waals surface area contributed by atoms with Crippen molar-refractivity contribution in [2.24, 2.45) is 0 Å². The van der Waals surface area contributed by atoms with Crippen molar-refractivity contribution in [1.29, 1.82) is 0 Å². The lowest BCUT2D eigenvalue weighted by atomic mass is 10.4. The monoisotopic (exact) mass is 306 g/mol. The molecule has 0 spiro atoms. The molecule has 3 heterocycles. The first-order chi connectivity index (χ1) is 10.7. The van der Waals surface area contributed by atoms with E-state index in [9.17, 15) is 9.90 Å². The number of nitrogens with zero attached hydrogens (tertiary/aromatic N) is 2. The van der Waals surface area contributed by atoms with Crippen LogP contribution in [0.5, 0.6) is 0 Å². The summed E-state index contributed by atoms with van der Waals surface area (Å²) in [5, 5.41) is 13.8. The van der Waals surface area contributed by atoms with Crippen molar-refractivity contribution in [2.45, 2.75) is 19.3 Å². The maximum Gasteiger partial charge on any atom is 0.437 e. The Morgan fingerprint density at radius 1 is 1.27 bits per heavy atom.